The molecule has 112 valence electrons. The van der Waals surface area contributed by atoms with Gasteiger partial charge in [0.15, 0.2) is 0 Å². The highest BCUT2D eigenvalue weighted by Crippen LogP contribution is 2.39. The lowest BCUT2D eigenvalue weighted by molar-refractivity contribution is -0.187. The van der Waals surface area contributed by atoms with Gasteiger partial charge in [-0.1, -0.05) is 12.1 Å². The van der Waals surface area contributed by atoms with Gasteiger partial charge in [0.05, 0.1) is 0 Å². The summed E-state index contributed by atoms with van der Waals surface area (Å²) >= 11 is 0. The highest BCUT2D eigenvalue weighted by molar-refractivity contribution is 5.43. The van der Waals surface area contributed by atoms with Crippen LogP contribution in [0.1, 0.15) is 22.7 Å². The Morgan fingerprint density at radius 2 is 1.65 bits per heavy atom. The van der Waals surface area contributed by atoms with Crippen LogP contribution in [0.25, 0.3) is 0 Å². The van der Waals surface area contributed by atoms with Crippen molar-refractivity contribution in [3.05, 3.63) is 28.8 Å². The van der Waals surface area contributed by atoms with Crippen LogP contribution in [0.5, 0.6) is 5.75 Å². The third-order valence-corrected chi connectivity index (χ3v) is 3.66. The summed E-state index contributed by atoms with van der Waals surface area (Å²) in [7, 11) is 0. The number of phenols is 1. The monoisotopic (exact) mass is 288 g/mol. The third kappa shape index (κ3) is 3.07. The Kier molecular flexibility index (Phi) is 4.25. The van der Waals surface area contributed by atoms with E-state index in [0.29, 0.717) is 37.3 Å². The van der Waals surface area contributed by atoms with Crippen molar-refractivity contribution in [2.75, 3.05) is 26.2 Å². The average molecular weight is 288 g/mol. The third-order valence-electron chi connectivity index (χ3n) is 3.66. The topological polar surface area (TPSA) is 35.5 Å². The van der Waals surface area contributed by atoms with Gasteiger partial charge in [-0.3, -0.25) is 4.90 Å². The van der Waals surface area contributed by atoms with Gasteiger partial charge in [-0.2, -0.15) is 13.2 Å². The lowest BCUT2D eigenvalue weighted by atomic mass is 9.98. The number of hydrogen-bond acceptors (Lipinski definition) is 3. The molecule has 1 atom stereocenters. The van der Waals surface area contributed by atoms with Gasteiger partial charge in [0, 0.05) is 26.2 Å². The zero-order valence-corrected chi connectivity index (χ0v) is 11.6. The molecule has 20 heavy (non-hydrogen) atoms. The van der Waals surface area contributed by atoms with Crippen LogP contribution in [0.2, 0.25) is 0 Å². The van der Waals surface area contributed by atoms with Crippen molar-refractivity contribution in [3.8, 4) is 5.75 Å². The molecule has 0 amide bonds. The molecule has 1 saturated heterocycles. The second-order valence-corrected chi connectivity index (χ2v) is 5.23. The lowest BCUT2D eigenvalue weighted by Crippen LogP contribution is -2.49. The van der Waals surface area contributed by atoms with E-state index in [4.69, 9.17) is 0 Å². The Balaban J connectivity index is 2.41. The van der Waals surface area contributed by atoms with Gasteiger partial charge in [-0.25, -0.2) is 0 Å². The van der Waals surface area contributed by atoms with Crippen molar-refractivity contribution in [1.82, 2.24) is 10.2 Å². The van der Waals surface area contributed by atoms with E-state index in [0.717, 1.165) is 0 Å². The molecule has 3 nitrogen and oxygen atoms in total. The number of rotatable bonds is 2. The number of piperazine rings is 1. The van der Waals surface area contributed by atoms with Crippen LogP contribution in [0.15, 0.2) is 12.1 Å². The fourth-order valence-corrected chi connectivity index (χ4v) is 2.69. The number of phenolic OH excluding ortho intramolecular Hbond substituents is 1. The summed E-state index contributed by atoms with van der Waals surface area (Å²) in [5, 5.41) is 12.8. The van der Waals surface area contributed by atoms with Crippen LogP contribution in [0.3, 0.4) is 0 Å². The van der Waals surface area contributed by atoms with Crippen molar-refractivity contribution in [1.29, 1.82) is 0 Å². The summed E-state index contributed by atoms with van der Waals surface area (Å²) in [6.07, 6.45) is -4.33. The van der Waals surface area contributed by atoms with Crippen LogP contribution in [0, 0.1) is 13.8 Å². The molecule has 0 radical (unpaired) electrons. The predicted octanol–water partition coefficient (Wildman–Crippen LogP) is 2.52. The number of hydrogen-bond donors (Lipinski definition) is 2. The highest BCUT2D eigenvalue weighted by Gasteiger charge is 2.45. The van der Waals surface area contributed by atoms with E-state index in [1.54, 1.807) is 13.8 Å². The second kappa shape index (κ2) is 5.61. The Morgan fingerprint density at radius 1 is 1.15 bits per heavy atom. The lowest BCUT2D eigenvalue weighted by Gasteiger charge is -2.36. The smallest absolute Gasteiger partial charge is 0.408 e. The molecule has 1 aromatic rings. The summed E-state index contributed by atoms with van der Waals surface area (Å²) < 4.78 is 40.3. The maximum atomic E-state index is 13.4. The quantitative estimate of drug-likeness (QED) is 0.878. The molecular formula is C14H19F3N2O. The Labute approximate surface area is 116 Å². The van der Waals surface area contributed by atoms with Gasteiger partial charge in [0.25, 0.3) is 0 Å². The minimum absolute atomic E-state index is 0.0648. The molecule has 6 heteroatoms. The van der Waals surface area contributed by atoms with Crippen molar-refractivity contribution >= 4 is 0 Å². The van der Waals surface area contributed by atoms with E-state index in [1.165, 1.54) is 17.0 Å². The first-order chi connectivity index (χ1) is 9.30. The molecule has 0 aliphatic carbocycles. The van der Waals surface area contributed by atoms with Gasteiger partial charge >= 0.3 is 6.18 Å². The van der Waals surface area contributed by atoms with Crippen molar-refractivity contribution in [2.45, 2.75) is 26.1 Å². The minimum Gasteiger partial charge on any atom is -0.507 e. The van der Waals surface area contributed by atoms with Crippen LogP contribution < -0.4 is 5.32 Å². The predicted molar refractivity (Wildman–Crippen MR) is 70.8 cm³/mol. The maximum Gasteiger partial charge on any atom is 0.408 e. The molecule has 1 heterocycles. The average Bonchev–Trinajstić information content (AvgIpc) is 2.35. The molecule has 0 bridgehead atoms. The number of halogens is 3. The largest absolute Gasteiger partial charge is 0.507 e. The van der Waals surface area contributed by atoms with Gasteiger partial charge < -0.3 is 10.4 Å². The number of alkyl halides is 3. The van der Waals surface area contributed by atoms with E-state index in [9.17, 15) is 18.3 Å². The van der Waals surface area contributed by atoms with Gasteiger partial charge in [-0.15, -0.1) is 0 Å². The van der Waals surface area contributed by atoms with Crippen molar-refractivity contribution < 1.29 is 18.3 Å². The summed E-state index contributed by atoms with van der Waals surface area (Å²) in [6, 6.07) is 1.26. The molecule has 0 aromatic heterocycles. The first kappa shape index (κ1) is 15.1. The zero-order chi connectivity index (χ0) is 14.9. The molecule has 2 rings (SSSR count). The molecule has 1 aliphatic rings. The first-order valence-corrected chi connectivity index (χ1v) is 6.62. The van der Waals surface area contributed by atoms with E-state index in [-0.39, 0.29) is 11.3 Å². The molecular weight excluding hydrogens is 269 g/mol. The van der Waals surface area contributed by atoms with E-state index < -0.39 is 12.2 Å². The molecule has 0 unspecified atom stereocenters. The molecule has 2 N–H and O–H groups in total. The van der Waals surface area contributed by atoms with E-state index in [1.807, 2.05) is 0 Å². The SMILES string of the molecule is Cc1cc([C@H](N2CCNCC2)C(F)(F)F)cc(C)c1O. The molecule has 1 fully saturated rings. The van der Waals surface area contributed by atoms with E-state index in [2.05, 4.69) is 5.32 Å². The van der Waals surface area contributed by atoms with Gasteiger partial charge in [0.2, 0.25) is 0 Å². The maximum absolute atomic E-state index is 13.4. The normalized spacial score (nSPS) is 19.1. The fraction of sp³-hybridized carbons (Fsp3) is 0.571. The molecule has 0 saturated carbocycles. The number of nitrogens with one attached hydrogen (secondary N) is 1. The second-order valence-electron chi connectivity index (χ2n) is 5.23. The fourth-order valence-electron chi connectivity index (χ4n) is 2.69. The Hall–Kier alpha value is -1.27. The summed E-state index contributed by atoms with van der Waals surface area (Å²) in [5.74, 6) is 0.0648. The number of aromatic hydroxyl groups is 1. The van der Waals surface area contributed by atoms with Crippen LogP contribution in [-0.4, -0.2) is 42.4 Å². The first-order valence-electron chi connectivity index (χ1n) is 6.62. The molecule has 1 aromatic carbocycles. The van der Waals surface area contributed by atoms with Crippen molar-refractivity contribution in [3.63, 3.8) is 0 Å². The summed E-state index contributed by atoms with van der Waals surface area (Å²) in [4.78, 5) is 1.45. The van der Waals surface area contributed by atoms with Crippen LogP contribution >= 0.6 is 0 Å². The van der Waals surface area contributed by atoms with Crippen LogP contribution in [0.4, 0.5) is 13.2 Å². The standard InChI is InChI=1S/C14H19F3N2O/c1-9-7-11(8-10(2)12(9)20)13(14(15,16)17)19-5-3-18-4-6-19/h7-8,13,18,20H,3-6H2,1-2H3/t13-/m0/s1. The Bertz CT molecular complexity index is 459. The number of benzene rings is 1. The minimum atomic E-state index is -4.33. The highest BCUT2D eigenvalue weighted by atomic mass is 19.4. The van der Waals surface area contributed by atoms with Crippen molar-refractivity contribution in [2.24, 2.45) is 0 Å². The molecule has 1 aliphatic heterocycles. The van der Waals surface area contributed by atoms with E-state index >= 15 is 0 Å². The number of aryl methyl sites for hydroxylation is 2. The summed E-state index contributed by atoms with van der Waals surface area (Å²) in [6.45, 7) is 5.09. The van der Waals surface area contributed by atoms with Gasteiger partial charge in [0.1, 0.15) is 11.8 Å². The van der Waals surface area contributed by atoms with Crippen LogP contribution in [-0.2, 0) is 0 Å². The zero-order valence-electron chi connectivity index (χ0n) is 11.6. The summed E-state index contributed by atoms with van der Waals surface area (Å²) in [5.41, 5.74) is 1.15. The van der Waals surface area contributed by atoms with Gasteiger partial charge in [-0.05, 0) is 30.5 Å². The number of nitrogens with zero attached hydrogens (tertiary/aromatic N) is 1. The molecule has 0 spiro atoms. The Morgan fingerprint density at radius 3 is 2.10 bits per heavy atom.